The monoisotopic (exact) mass is 214 g/mol. The summed E-state index contributed by atoms with van der Waals surface area (Å²) < 4.78 is 0. The molecule has 0 saturated carbocycles. The third kappa shape index (κ3) is 3.08. The standard InChI is InChI=1S/C10H14OS2/c1-2-3-4-5-8-6-7-13-9(8)10(11)12/h6-7H,2-5H2,1H3,(H,11,12). The molecule has 0 saturated heterocycles. The highest BCUT2D eigenvalue weighted by Crippen LogP contribution is 2.19. The molecular formula is C10H14OS2. The first-order chi connectivity index (χ1) is 6.25. The van der Waals surface area contributed by atoms with Crippen molar-refractivity contribution in [1.29, 1.82) is 0 Å². The van der Waals surface area contributed by atoms with Crippen molar-refractivity contribution in [1.82, 2.24) is 0 Å². The molecule has 0 aromatic carbocycles. The number of aliphatic hydroxyl groups is 1. The molecule has 1 heterocycles. The molecule has 1 rings (SSSR count). The van der Waals surface area contributed by atoms with Crippen LogP contribution in [0.15, 0.2) is 11.4 Å². The minimum atomic E-state index is 0.0431. The van der Waals surface area contributed by atoms with Gasteiger partial charge in [-0.1, -0.05) is 19.8 Å². The molecule has 0 aliphatic rings. The highest BCUT2D eigenvalue weighted by atomic mass is 32.1. The van der Waals surface area contributed by atoms with Crippen LogP contribution in [0, 0.1) is 0 Å². The van der Waals surface area contributed by atoms with Gasteiger partial charge in [-0.25, -0.2) is 0 Å². The number of thiophene rings is 1. The molecule has 13 heavy (non-hydrogen) atoms. The molecule has 0 spiro atoms. The van der Waals surface area contributed by atoms with Gasteiger partial charge in [-0.2, -0.15) is 0 Å². The van der Waals surface area contributed by atoms with E-state index < -0.39 is 0 Å². The van der Waals surface area contributed by atoms with Crippen LogP contribution in [0.3, 0.4) is 0 Å². The Balaban J connectivity index is 2.55. The van der Waals surface area contributed by atoms with E-state index in [1.165, 1.54) is 36.2 Å². The van der Waals surface area contributed by atoms with E-state index >= 15 is 0 Å². The molecule has 1 N–H and O–H groups in total. The summed E-state index contributed by atoms with van der Waals surface area (Å²) in [7, 11) is 0. The fourth-order valence-electron chi connectivity index (χ4n) is 1.29. The van der Waals surface area contributed by atoms with Gasteiger partial charge in [-0.05, 0) is 42.1 Å². The summed E-state index contributed by atoms with van der Waals surface area (Å²) in [4.78, 5) is 0.881. The summed E-state index contributed by atoms with van der Waals surface area (Å²) in [6.45, 7) is 2.19. The summed E-state index contributed by atoms with van der Waals surface area (Å²) in [5.74, 6) is 0. The zero-order valence-corrected chi connectivity index (χ0v) is 9.38. The largest absolute Gasteiger partial charge is 0.498 e. The first-order valence-corrected chi connectivity index (χ1v) is 5.84. The lowest BCUT2D eigenvalue weighted by Crippen LogP contribution is -1.95. The van der Waals surface area contributed by atoms with Crippen molar-refractivity contribution in [3.8, 4) is 0 Å². The molecule has 0 aliphatic heterocycles. The molecule has 0 aliphatic carbocycles. The molecule has 0 atom stereocenters. The first kappa shape index (κ1) is 10.7. The van der Waals surface area contributed by atoms with E-state index in [-0.39, 0.29) is 5.05 Å². The third-order valence-corrected chi connectivity index (χ3v) is 3.29. The maximum atomic E-state index is 9.19. The van der Waals surface area contributed by atoms with E-state index in [9.17, 15) is 5.11 Å². The van der Waals surface area contributed by atoms with Crippen molar-refractivity contribution in [2.45, 2.75) is 32.6 Å². The number of rotatable bonds is 5. The normalized spacial score (nSPS) is 10.2. The Hall–Kier alpha value is -0.410. The van der Waals surface area contributed by atoms with Gasteiger partial charge in [-0.3, -0.25) is 0 Å². The van der Waals surface area contributed by atoms with Crippen molar-refractivity contribution in [2.75, 3.05) is 0 Å². The Morgan fingerprint density at radius 1 is 1.54 bits per heavy atom. The minimum Gasteiger partial charge on any atom is -0.498 e. The number of thiocarbonyl (C=S) groups is 1. The van der Waals surface area contributed by atoms with Crippen LogP contribution in [-0.2, 0) is 6.42 Å². The van der Waals surface area contributed by atoms with Crippen LogP contribution in [0.5, 0.6) is 0 Å². The zero-order chi connectivity index (χ0) is 9.68. The van der Waals surface area contributed by atoms with Crippen LogP contribution >= 0.6 is 23.6 Å². The van der Waals surface area contributed by atoms with Crippen LogP contribution in [0.2, 0.25) is 0 Å². The molecule has 3 heteroatoms. The molecule has 1 aromatic rings. The molecule has 0 fully saturated rings. The highest BCUT2D eigenvalue weighted by Gasteiger charge is 2.07. The Morgan fingerprint density at radius 3 is 2.92 bits per heavy atom. The predicted octanol–water partition coefficient (Wildman–Crippen LogP) is 3.71. The Labute approximate surface area is 88.4 Å². The van der Waals surface area contributed by atoms with E-state index in [2.05, 4.69) is 13.0 Å². The van der Waals surface area contributed by atoms with Crippen LogP contribution in [-0.4, -0.2) is 10.2 Å². The van der Waals surface area contributed by atoms with Gasteiger partial charge >= 0.3 is 0 Å². The number of hydrogen-bond acceptors (Lipinski definition) is 2. The summed E-state index contributed by atoms with van der Waals surface area (Å²) in [5.41, 5.74) is 1.20. The third-order valence-electron chi connectivity index (χ3n) is 1.99. The second kappa shape index (κ2) is 5.35. The average Bonchev–Trinajstić information content (AvgIpc) is 2.53. The Kier molecular flexibility index (Phi) is 4.39. The van der Waals surface area contributed by atoms with Crippen molar-refractivity contribution in [2.24, 2.45) is 0 Å². The van der Waals surface area contributed by atoms with Crippen LogP contribution < -0.4 is 0 Å². The maximum Gasteiger partial charge on any atom is 0.199 e. The van der Waals surface area contributed by atoms with Crippen molar-refractivity contribution in [3.63, 3.8) is 0 Å². The Morgan fingerprint density at radius 2 is 2.31 bits per heavy atom. The van der Waals surface area contributed by atoms with Crippen molar-refractivity contribution in [3.05, 3.63) is 21.9 Å². The number of unbranched alkanes of at least 4 members (excludes halogenated alkanes) is 2. The molecule has 72 valence electrons. The molecule has 0 unspecified atom stereocenters. The second-order valence-corrected chi connectivity index (χ2v) is 4.34. The van der Waals surface area contributed by atoms with Gasteiger partial charge < -0.3 is 5.11 Å². The molecule has 0 amide bonds. The zero-order valence-electron chi connectivity index (χ0n) is 7.75. The summed E-state index contributed by atoms with van der Waals surface area (Å²) in [6, 6.07) is 2.05. The fraction of sp³-hybridized carbons (Fsp3) is 0.500. The Bertz CT molecular complexity index is 278. The smallest absolute Gasteiger partial charge is 0.199 e. The lowest BCUT2D eigenvalue weighted by Gasteiger charge is -2.00. The van der Waals surface area contributed by atoms with Gasteiger partial charge in [-0.15, -0.1) is 11.3 Å². The molecular weight excluding hydrogens is 200 g/mol. The van der Waals surface area contributed by atoms with E-state index in [0.29, 0.717) is 0 Å². The van der Waals surface area contributed by atoms with E-state index in [1.807, 2.05) is 5.38 Å². The number of aryl methyl sites for hydroxylation is 1. The quantitative estimate of drug-likeness (QED) is 0.595. The van der Waals surface area contributed by atoms with Gasteiger partial charge in [0, 0.05) is 0 Å². The van der Waals surface area contributed by atoms with E-state index in [1.54, 1.807) is 0 Å². The van der Waals surface area contributed by atoms with Gasteiger partial charge in [0.2, 0.25) is 0 Å². The van der Waals surface area contributed by atoms with Crippen LogP contribution in [0.1, 0.15) is 36.6 Å². The number of aliphatic hydroxyl groups excluding tert-OH is 1. The van der Waals surface area contributed by atoms with Gasteiger partial charge in [0.25, 0.3) is 0 Å². The SMILES string of the molecule is CCCCCc1ccsc1C(O)=S. The van der Waals surface area contributed by atoms with Gasteiger partial charge in [0.15, 0.2) is 5.05 Å². The average molecular weight is 214 g/mol. The predicted molar refractivity (Wildman–Crippen MR) is 61.9 cm³/mol. The first-order valence-electron chi connectivity index (χ1n) is 4.55. The highest BCUT2D eigenvalue weighted by molar-refractivity contribution is 7.80. The molecule has 0 radical (unpaired) electrons. The van der Waals surface area contributed by atoms with E-state index in [4.69, 9.17) is 12.2 Å². The van der Waals surface area contributed by atoms with Gasteiger partial charge in [0.05, 0.1) is 4.88 Å². The summed E-state index contributed by atoms with van der Waals surface area (Å²) in [5, 5.41) is 11.2. The lowest BCUT2D eigenvalue weighted by molar-refractivity contribution is 0.571. The topological polar surface area (TPSA) is 20.2 Å². The summed E-state index contributed by atoms with van der Waals surface area (Å²) in [6.07, 6.45) is 4.69. The summed E-state index contributed by atoms with van der Waals surface area (Å²) >= 11 is 6.27. The minimum absolute atomic E-state index is 0.0431. The van der Waals surface area contributed by atoms with Crippen molar-refractivity contribution >= 4 is 28.6 Å². The lowest BCUT2D eigenvalue weighted by atomic mass is 10.1. The van der Waals surface area contributed by atoms with Crippen LogP contribution in [0.25, 0.3) is 0 Å². The molecule has 1 nitrogen and oxygen atoms in total. The van der Waals surface area contributed by atoms with Gasteiger partial charge in [0.1, 0.15) is 0 Å². The number of hydrogen-bond donors (Lipinski definition) is 1. The van der Waals surface area contributed by atoms with Crippen LogP contribution in [0.4, 0.5) is 0 Å². The van der Waals surface area contributed by atoms with Crippen molar-refractivity contribution < 1.29 is 5.11 Å². The second-order valence-electron chi connectivity index (χ2n) is 3.04. The maximum absolute atomic E-state index is 9.19. The molecule has 0 bridgehead atoms. The van der Waals surface area contributed by atoms with E-state index in [0.717, 1.165) is 11.3 Å². The molecule has 1 aromatic heterocycles. The fourth-order valence-corrected chi connectivity index (χ4v) is 2.35.